The Labute approximate surface area is 126 Å². The van der Waals surface area contributed by atoms with Crippen LogP contribution in [0.1, 0.15) is 41.4 Å². The fraction of sp³-hybridized carbons (Fsp3) is 0.278. The summed E-state index contributed by atoms with van der Waals surface area (Å²) < 4.78 is 0. The van der Waals surface area contributed by atoms with Crippen molar-refractivity contribution in [2.45, 2.75) is 26.8 Å². The first-order chi connectivity index (χ1) is 10.1. The van der Waals surface area contributed by atoms with Gasteiger partial charge in [0, 0.05) is 23.8 Å². The maximum atomic E-state index is 11.8. The molecule has 3 nitrogen and oxygen atoms in total. The van der Waals surface area contributed by atoms with E-state index < -0.39 is 0 Å². The second-order valence-electron chi connectivity index (χ2n) is 5.17. The van der Waals surface area contributed by atoms with Gasteiger partial charge in [0.2, 0.25) is 0 Å². The van der Waals surface area contributed by atoms with Crippen molar-refractivity contribution in [2.75, 3.05) is 11.9 Å². The van der Waals surface area contributed by atoms with Gasteiger partial charge < -0.3 is 10.6 Å². The molecular formula is C18H22N2O. The van der Waals surface area contributed by atoms with E-state index in [9.17, 15) is 4.79 Å². The van der Waals surface area contributed by atoms with Crippen molar-refractivity contribution in [1.82, 2.24) is 5.32 Å². The number of rotatable bonds is 5. The van der Waals surface area contributed by atoms with Crippen LogP contribution in [0.2, 0.25) is 0 Å². The first-order valence-corrected chi connectivity index (χ1v) is 7.32. The molecule has 0 aliphatic heterocycles. The molecule has 1 atom stereocenters. The van der Waals surface area contributed by atoms with E-state index in [2.05, 4.69) is 29.7 Å². The van der Waals surface area contributed by atoms with Crippen LogP contribution in [0.5, 0.6) is 0 Å². The molecule has 0 fully saturated rings. The molecular weight excluding hydrogens is 260 g/mol. The summed E-state index contributed by atoms with van der Waals surface area (Å²) >= 11 is 0. The number of carbonyl (C=O) groups is 1. The summed E-state index contributed by atoms with van der Waals surface area (Å²) in [4.78, 5) is 11.8. The first kappa shape index (κ1) is 15.1. The van der Waals surface area contributed by atoms with Crippen LogP contribution in [-0.2, 0) is 0 Å². The van der Waals surface area contributed by atoms with Gasteiger partial charge in [0.1, 0.15) is 0 Å². The summed E-state index contributed by atoms with van der Waals surface area (Å²) in [5, 5.41) is 6.31. The Morgan fingerprint density at radius 3 is 2.48 bits per heavy atom. The first-order valence-electron chi connectivity index (χ1n) is 7.32. The number of hydrogen-bond donors (Lipinski definition) is 2. The van der Waals surface area contributed by atoms with E-state index in [-0.39, 0.29) is 11.9 Å². The van der Waals surface area contributed by atoms with E-state index in [0.717, 1.165) is 11.3 Å². The van der Waals surface area contributed by atoms with E-state index in [1.807, 2.05) is 50.2 Å². The Balaban J connectivity index is 2.13. The summed E-state index contributed by atoms with van der Waals surface area (Å²) in [7, 11) is 0. The summed E-state index contributed by atoms with van der Waals surface area (Å²) in [6.45, 7) is 6.71. The minimum atomic E-state index is -0.0248. The molecule has 2 aromatic rings. The Morgan fingerprint density at radius 1 is 1.14 bits per heavy atom. The molecule has 3 heteroatoms. The normalized spacial score (nSPS) is 11.8. The van der Waals surface area contributed by atoms with Gasteiger partial charge in [-0.1, -0.05) is 30.3 Å². The number of benzene rings is 2. The minimum Gasteiger partial charge on any atom is -0.378 e. The van der Waals surface area contributed by atoms with Crippen molar-refractivity contribution in [1.29, 1.82) is 0 Å². The highest BCUT2D eigenvalue weighted by Gasteiger charge is 2.09. The predicted octanol–water partition coefficient (Wildman–Crippen LogP) is 3.92. The Bertz CT molecular complexity index is 608. The lowest BCUT2D eigenvalue weighted by molar-refractivity contribution is 0.0956. The molecule has 0 saturated carbocycles. The highest BCUT2D eigenvalue weighted by Crippen LogP contribution is 2.23. The number of anilines is 1. The maximum absolute atomic E-state index is 11.8. The molecule has 0 spiro atoms. The summed E-state index contributed by atoms with van der Waals surface area (Å²) in [6.07, 6.45) is 0. The zero-order valence-corrected chi connectivity index (χ0v) is 12.8. The molecule has 0 saturated heterocycles. The average Bonchev–Trinajstić information content (AvgIpc) is 2.50. The third-order valence-electron chi connectivity index (χ3n) is 3.50. The SMILES string of the molecule is CCNC(=O)c1ccc(NC(C)c2ccccc2)c(C)c1. The third kappa shape index (κ3) is 3.85. The molecule has 0 aromatic heterocycles. The van der Waals surface area contributed by atoms with E-state index in [4.69, 9.17) is 0 Å². The maximum Gasteiger partial charge on any atom is 0.251 e. The lowest BCUT2D eigenvalue weighted by Gasteiger charge is -2.18. The standard InChI is InChI=1S/C18H22N2O/c1-4-19-18(21)16-10-11-17(13(2)12-16)20-14(3)15-8-6-5-7-9-15/h5-12,14,20H,4H2,1-3H3,(H,19,21). The van der Waals surface area contributed by atoms with E-state index >= 15 is 0 Å². The molecule has 2 aromatic carbocycles. The van der Waals surface area contributed by atoms with Crippen LogP contribution in [0.3, 0.4) is 0 Å². The van der Waals surface area contributed by atoms with Crippen molar-refractivity contribution in [3.8, 4) is 0 Å². The Morgan fingerprint density at radius 2 is 1.86 bits per heavy atom. The predicted molar refractivity (Wildman–Crippen MR) is 87.7 cm³/mol. The van der Waals surface area contributed by atoms with E-state index in [0.29, 0.717) is 12.1 Å². The van der Waals surface area contributed by atoms with Gasteiger partial charge in [-0.2, -0.15) is 0 Å². The van der Waals surface area contributed by atoms with E-state index in [1.54, 1.807) is 0 Å². The third-order valence-corrected chi connectivity index (χ3v) is 3.50. The number of carbonyl (C=O) groups excluding carboxylic acids is 1. The van der Waals surface area contributed by atoms with Crippen LogP contribution < -0.4 is 10.6 Å². The molecule has 0 bridgehead atoms. The van der Waals surface area contributed by atoms with Crippen LogP contribution in [0.15, 0.2) is 48.5 Å². The molecule has 2 rings (SSSR count). The summed E-state index contributed by atoms with van der Waals surface area (Å²) in [5.74, 6) is -0.0248. The number of nitrogens with one attached hydrogen (secondary N) is 2. The summed E-state index contributed by atoms with van der Waals surface area (Å²) in [6, 6.07) is 16.3. The largest absolute Gasteiger partial charge is 0.378 e. The monoisotopic (exact) mass is 282 g/mol. The number of aryl methyl sites for hydroxylation is 1. The van der Waals surface area contributed by atoms with E-state index in [1.165, 1.54) is 5.56 Å². The topological polar surface area (TPSA) is 41.1 Å². The fourth-order valence-corrected chi connectivity index (χ4v) is 2.29. The highest BCUT2D eigenvalue weighted by molar-refractivity contribution is 5.94. The molecule has 0 aliphatic rings. The van der Waals surface area contributed by atoms with Gasteiger partial charge in [-0.25, -0.2) is 0 Å². The van der Waals surface area contributed by atoms with Crippen LogP contribution in [-0.4, -0.2) is 12.5 Å². The average molecular weight is 282 g/mol. The van der Waals surface area contributed by atoms with Gasteiger partial charge >= 0.3 is 0 Å². The molecule has 2 N–H and O–H groups in total. The Hall–Kier alpha value is -2.29. The molecule has 1 amide bonds. The van der Waals surface area contributed by atoms with Gasteiger partial charge in [-0.05, 0) is 50.1 Å². The molecule has 21 heavy (non-hydrogen) atoms. The molecule has 0 radical (unpaired) electrons. The zero-order valence-electron chi connectivity index (χ0n) is 12.8. The van der Waals surface area contributed by atoms with Gasteiger partial charge in [0.15, 0.2) is 0 Å². The Kier molecular flexibility index (Phi) is 4.99. The van der Waals surface area contributed by atoms with Crippen molar-refractivity contribution in [2.24, 2.45) is 0 Å². The second kappa shape index (κ2) is 6.93. The lowest BCUT2D eigenvalue weighted by Crippen LogP contribution is -2.22. The van der Waals surface area contributed by atoms with Crippen molar-refractivity contribution < 1.29 is 4.79 Å². The highest BCUT2D eigenvalue weighted by atomic mass is 16.1. The van der Waals surface area contributed by atoms with Crippen molar-refractivity contribution in [3.63, 3.8) is 0 Å². The van der Waals surface area contributed by atoms with Gasteiger partial charge in [0.05, 0.1) is 0 Å². The van der Waals surface area contributed by atoms with Crippen molar-refractivity contribution >= 4 is 11.6 Å². The molecule has 110 valence electrons. The summed E-state index contributed by atoms with van der Waals surface area (Å²) in [5.41, 5.74) is 4.07. The van der Waals surface area contributed by atoms with Crippen LogP contribution in [0, 0.1) is 6.92 Å². The van der Waals surface area contributed by atoms with Gasteiger partial charge in [-0.3, -0.25) is 4.79 Å². The molecule has 0 aliphatic carbocycles. The smallest absolute Gasteiger partial charge is 0.251 e. The minimum absolute atomic E-state index is 0.0248. The fourth-order valence-electron chi connectivity index (χ4n) is 2.29. The van der Waals surface area contributed by atoms with Crippen LogP contribution >= 0.6 is 0 Å². The molecule has 1 unspecified atom stereocenters. The van der Waals surface area contributed by atoms with Gasteiger partial charge in [0.25, 0.3) is 5.91 Å². The quantitative estimate of drug-likeness (QED) is 0.872. The van der Waals surface area contributed by atoms with Crippen LogP contribution in [0.4, 0.5) is 5.69 Å². The van der Waals surface area contributed by atoms with Gasteiger partial charge in [-0.15, -0.1) is 0 Å². The van der Waals surface area contributed by atoms with Crippen molar-refractivity contribution in [3.05, 3.63) is 65.2 Å². The zero-order chi connectivity index (χ0) is 15.2. The lowest BCUT2D eigenvalue weighted by atomic mass is 10.1. The number of amides is 1. The number of hydrogen-bond acceptors (Lipinski definition) is 2. The van der Waals surface area contributed by atoms with Crippen LogP contribution in [0.25, 0.3) is 0 Å². The molecule has 0 heterocycles. The second-order valence-corrected chi connectivity index (χ2v) is 5.17.